The predicted molar refractivity (Wildman–Crippen MR) is 182 cm³/mol. The smallest absolute Gasteiger partial charge is 0.320 e. The molecule has 8 heteroatoms. The number of hydrogen-bond acceptors (Lipinski definition) is 8. The highest BCUT2D eigenvalue weighted by molar-refractivity contribution is 5.94. The van der Waals surface area contributed by atoms with E-state index < -0.39 is 17.9 Å². The van der Waals surface area contributed by atoms with Gasteiger partial charge in [0, 0.05) is 17.2 Å². The van der Waals surface area contributed by atoms with Gasteiger partial charge in [-0.3, -0.25) is 9.59 Å². The second-order valence-electron chi connectivity index (χ2n) is 11.0. The van der Waals surface area contributed by atoms with Crippen LogP contribution in [0.15, 0.2) is 103 Å². The minimum absolute atomic E-state index is 0.232. The molecule has 0 amide bonds. The van der Waals surface area contributed by atoms with E-state index in [4.69, 9.17) is 28.9 Å². The predicted octanol–water partition coefficient (Wildman–Crippen LogP) is 8.22. The summed E-state index contributed by atoms with van der Waals surface area (Å²) in [5, 5.41) is 2.08. The molecule has 0 bridgehead atoms. The summed E-state index contributed by atoms with van der Waals surface area (Å²) in [6.07, 6.45) is 2.69. The van der Waals surface area contributed by atoms with Crippen LogP contribution in [0.3, 0.4) is 0 Å². The third-order valence-electron chi connectivity index (χ3n) is 7.62. The summed E-state index contributed by atoms with van der Waals surface area (Å²) < 4.78 is 22.3. The Balaban J connectivity index is 1.22. The Morgan fingerprint density at radius 3 is 2.06 bits per heavy atom. The molecule has 0 aliphatic carbocycles. The van der Waals surface area contributed by atoms with Crippen LogP contribution in [0.1, 0.15) is 45.1 Å². The van der Waals surface area contributed by atoms with Crippen LogP contribution in [0.2, 0.25) is 0 Å². The van der Waals surface area contributed by atoms with Crippen LogP contribution in [0, 0.1) is 5.92 Å². The van der Waals surface area contributed by atoms with Crippen molar-refractivity contribution in [3.05, 3.63) is 109 Å². The van der Waals surface area contributed by atoms with Gasteiger partial charge in [-0.1, -0.05) is 91.7 Å². The number of esters is 2. The van der Waals surface area contributed by atoms with E-state index in [1.807, 2.05) is 97.1 Å². The zero-order valence-corrected chi connectivity index (χ0v) is 26.9. The summed E-state index contributed by atoms with van der Waals surface area (Å²) in [6.45, 7) is 4.85. The van der Waals surface area contributed by atoms with E-state index in [1.54, 1.807) is 13.8 Å². The molecular formula is C39H40N2O6. The van der Waals surface area contributed by atoms with Crippen molar-refractivity contribution in [1.82, 2.24) is 9.97 Å². The van der Waals surface area contributed by atoms with Crippen LogP contribution in [-0.4, -0.2) is 41.7 Å². The first kappa shape index (κ1) is 33.1. The first-order valence-electron chi connectivity index (χ1n) is 16.2. The third kappa shape index (κ3) is 9.39. The molecule has 0 radical (unpaired) electrons. The average molecular weight is 633 g/mol. The summed E-state index contributed by atoms with van der Waals surface area (Å²) in [4.78, 5) is 34.0. The maximum Gasteiger partial charge on any atom is 0.320 e. The fourth-order valence-corrected chi connectivity index (χ4v) is 5.20. The number of unbranched alkanes of at least 4 members (excludes halogenated alkanes) is 2. The van der Waals surface area contributed by atoms with Gasteiger partial charge in [-0.05, 0) is 61.2 Å². The first-order valence-corrected chi connectivity index (χ1v) is 16.2. The van der Waals surface area contributed by atoms with Gasteiger partial charge in [0.05, 0.1) is 25.5 Å². The Kier molecular flexibility index (Phi) is 11.9. The molecule has 0 fully saturated rings. The topological polar surface area (TPSA) is 96.8 Å². The molecule has 242 valence electrons. The van der Waals surface area contributed by atoms with E-state index in [2.05, 4.69) is 6.07 Å². The molecule has 0 saturated carbocycles. The van der Waals surface area contributed by atoms with E-state index in [9.17, 15) is 9.59 Å². The molecule has 0 atom stereocenters. The molecule has 1 aromatic heterocycles. The fourth-order valence-electron chi connectivity index (χ4n) is 5.20. The van der Waals surface area contributed by atoms with Gasteiger partial charge < -0.3 is 18.9 Å². The normalized spacial score (nSPS) is 11.0. The number of nitrogens with zero attached hydrogens (tertiary/aromatic N) is 2. The molecule has 0 unspecified atom stereocenters. The highest BCUT2D eigenvalue weighted by Crippen LogP contribution is 2.29. The lowest BCUT2D eigenvalue weighted by molar-refractivity contribution is -0.161. The molecule has 0 saturated heterocycles. The van der Waals surface area contributed by atoms with Crippen molar-refractivity contribution in [3.63, 3.8) is 0 Å². The van der Waals surface area contributed by atoms with E-state index >= 15 is 0 Å². The Bertz CT molecular complexity index is 1740. The van der Waals surface area contributed by atoms with Crippen molar-refractivity contribution in [3.8, 4) is 34.3 Å². The number of aromatic nitrogens is 2. The molecular weight excluding hydrogens is 592 g/mol. The third-order valence-corrected chi connectivity index (χ3v) is 7.62. The minimum Gasteiger partial charge on any atom is -0.494 e. The number of rotatable bonds is 16. The van der Waals surface area contributed by atoms with Gasteiger partial charge in [0.15, 0.2) is 11.7 Å². The zero-order chi connectivity index (χ0) is 32.8. The van der Waals surface area contributed by atoms with Gasteiger partial charge in [-0.2, -0.15) is 4.98 Å². The van der Waals surface area contributed by atoms with Crippen LogP contribution in [0.4, 0.5) is 0 Å². The van der Waals surface area contributed by atoms with E-state index in [1.165, 1.54) is 0 Å². The van der Waals surface area contributed by atoms with Crippen molar-refractivity contribution in [2.75, 3.05) is 19.8 Å². The van der Waals surface area contributed by atoms with E-state index in [0.29, 0.717) is 37.8 Å². The van der Waals surface area contributed by atoms with E-state index in [0.717, 1.165) is 51.7 Å². The number of hydrogen-bond donors (Lipinski definition) is 0. The summed E-state index contributed by atoms with van der Waals surface area (Å²) >= 11 is 0. The molecule has 0 aliphatic rings. The number of carbonyl (C=O) groups excluding carboxylic acids is 2. The highest BCUT2D eigenvalue weighted by atomic mass is 16.6. The van der Waals surface area contributed by atoms with Gasteiger partial charge in [0.1, 0.15) is 12.4 Å². The maximum atomic E-state index is 12.2. The summed E-state index contributed by atoms with van der Waals surface area (Å²) in [5.74, 6) is -0.0350. The molecule has 5 aromatic rings. The lowest BCUT2D eigenvalue weighted by Gasteiger charge is -2.14. The maximum absolute atomic E-state index is 12.2. The number of fused-ring (bicyclic) bond motifs is 1. The Hall–Kier alpha value is -5.24. The molecule has 0 spiro atoms. The van der Waals surface area contributed by atoms with Crippen LogP contribution in [-0.2, 0) is 25.7 Å². The molecule has 47 heavy (non-hydrogen) atoms. The van der Waals surface area contributed by atoms with Crippen molar-refractivity contribution in [2.45, 2.75) is 46.1 Å². The van der Waals surface area contributed by atoms with Crippen molar-refractivity contribution < 1.29 is 28.5 Å². The molecule has 1 heterocycles. The van der Waals surface area contributed by atoms with Crippen molar-refractivity contribution in [2.24, 2.45) is 5.92 Å². The van der Waals surface area contributed by atoms with E-state index in [-0.39, 0.29) is 13.2 Å². The average Bonchev–Trinajstić information content (AvgIpc) is 3.11. The van der Waals surface area contributed by atoms with Crippen molar-refractivity contribution in [1.29, 1.82) is 0 Å². The van der Waals surface area contributed by atoms with Crippen molar-refractivity contribution >= 4 is 22.7 Å². The second-order valence-corrected chi connectivity index (χ2v) is 11.0. The standard InChI is InChI=1S/C39H40N2O6/c1-3-44-38(42)34(39(43)45-4-2)18-12-7-13-23-46-33-22-21-30-24-32(20-19-31(30)25-33)37-40-35(29-16-10-6-11-17-29)26-36(41-37)47-27-28-14-8-5-9-15-28/h5-6,8-11,14-17,19-22,24-26,34H,3-4,7,12-13,18,23,27H2,1-2H3. The van der Waals surface area contributed by atoms with Gasteiger partial charge in [0.25, 0.3) is 0 Å². The number of benzene rings is 4. The highest BCUT2D eigenvalue weighted by Gasteiger charge is 2.28. The lowest BCUT2D eigenvalue weighted by Crippen LogP contribution is -2.28. The quantitative estimate of drug-likeness (QED) is 0.0610. The fraction of sp³-hybridized carbons (Fsp3) is 0.282. The molecule has 0 aliphatic heterocycles. The minimum atomic E-state index is -0.874. The Morgan fingerprint density at radius 2 is 1.34 bits per heavy atom. The molecule has 4 aromatic carbocycles. The van der Waals surface area contributed by atoms with Crippen LogP contribution in [0.25, 0.3) is 33.4 Å². The van der Waals surface area contributed by atoms with Gasteiger partial charge >= 0.3 is 11.9 Å². The Labute approximate surface area is 275 Å². The first-order chi connectivity index (χ1) is 23.0. The van der Waals surface area contributed by atoms with Crippen LogP contribution >= 0.6 is 0 Å². The van der Waals surface area contributed by atoms with Gasteiger partial charge in [0.2, 0.25) is 5.88 Å². The monoisotopic (exact) mass is 632 g/mol. The zero-order valence-electron chi connectivity index (χ0n) is 26.9. The molecule has 0 N–H and O–H groups in total. The van der Waals surface area contributed by atoms with Gasteiger partial charge in [-0.15, -0.1) is 0 Å². The van der Waals surface area contributed by atoms with Gasteiger partial charge in [-0.25, -0.2) is 4.98 Å². The van der Waals surface area contributed by atoms with Crippen LogP contribution in [0.5, 0.6) is 11.6 Å². The summed E-state index contributed by atoms with van der Waals surface area (Å²) in [7, 11) is 0. The lowest BCUT2D eigenvalue weighted by atomic mass is 10.0. The SMILES string of the molecule is CCOC(=O)C(CCCCCOc1ccc2cc(-c3nc(OCc4ccccc4)cc(-c4ccccc4)n3)ccc2c1)C(=O)OCC. The molecule has 5 rings (SSSR count). The largest absolute Gasteiger partial charge is 0.494 e. The Morgan fingerprint density at radius 1 is 0.660 bits per heavy atom. The summed E-state index contributed by atoms with van der Waals surface area (Å²) in [6, 6.07) is 34.1. The van der Waals surface area contributed by atoms with Crippen LogP contribution < -0.4 is 9.47 Å². The molecule has 8 nitrogen and oxygen atoms in total. The number of carbonyl (C=O) groups is 2. The second kappa shape index (κ2) is 16.9. The summed E-state index contributed by atoms with van der Waals surface area (Å²) in [5.41, 5.74) is 3.73. The number of ether oxygens (including phenoxy) is 4.